The fourth-order valence-electron chi connectivity index (χ4n) is 1.76. The van der Waals surface area contributed by atoms with Gasteiger partial charge in [-0.1, -0.05) is 13.0 Å². The van der Waals surface area contributed by atoms with E-state index >= 15 is 0 Å². The molecule has 0 saturated heterocycles. The smallest absolute Gasteiger partial charge is 0.0948 e. The lowest BCUT2D eigenvalue weighted by Crippen LogP contribution is -2.16. The van der Waals surface area contributed by atoms with Crippen LogP contribution in [0.2, 0.25) is 0 Å². The highest BCUT2D eigenvalue weighted by Gasteiger charge is 2.00. The van der Waals surface area contributed by atoms with Crippen LogP contribution in [-0.2, 0) is 19.6 Å². The van der Waals surface area contributed by atoms with Crippen molar-refractivity contribution in [2.24, 2.45) is 0 Å². The van der Waals surface area contributed by atoms with Crippen LogP contribution in [-0.4, -0.2) is 14.5 Å². The van der Waals surface area contributed by atoms with Gasteiger partial charge in [0.15, 0.2) is 0 Å². The van der Waals surface area contributed by atoms with Crippen molar-refractivity contribution in [3.05, 3.63) is 48.3 Å². The fraction of sp³-hybridized carbons (Fsp3) is 0.385. The van der Waals surface area contributed by atoms with Crippen molar-refractivity contribution < 1.29 is 0 Å². The van der Waals surface area contributed by atoms with Gasteiger partial charge >= 0.3 is 0 Å². The first kappa shape index (κ1) is 11.8. The van der Waals surface area contributed by atoms with Crippen LogP contribution >= 0.6 is 0 Å². The zero-order valence-corrected chi connectivity index (χ0v) is 10.1. The normalized spacial score (nSPS) is 10.6. The summed E-state index contributed by atoms with van der Waals surface area (Å²) in [4.78, 5) is 8.45. The van der Waals surface area contributed by atoms with Crippen molar-refractivity contribution in [1.29, 1.82) is 0 Å². The molecule has 0 bridgehead atoms. The molecule has 0 aliphatic carbocycles. The molecule has 0 spiro atoms. The largest absolute Gasteiger partial charge is 0.333 e. The first-order chi connectivity index (χ1) is 8.40. The molecule has 0 atom stereocenters. The average Bonchev–Trinajstić information content (AvgIpc) is 2.79. The van der Waals surface area contributed by atoms with E-state index in [1.165, 1.54) is 5.69 Å². The first-order valence-corrected chi connectivity index (χ1v) is 5.99. The lowest BCUT2D eigenvalue weighted by Gasteiger charge is -2.07. The molecule has 0 aliphatic heterocycles. The van der Waals surface area contributed by atoms with E-state index in [-0.39, 0.29) is 0 Å². The topological polar surface area (TPSA) is 42.7 Å². The Kier molecular flexibility index (Phi) is 4.27. The second kappa shape index (κ2) is 6.15. The van der Waals surface area contributed by atoms with E-state index in [0.29, 0.717) is 0 Å². The molecule has 0 saturated carbocycles. The fourth-order valence-corrected chi connectivity index (χ4v) is 1.76. The number of nitrogens with one attached hydrogen (secondary N) is 1. The molecule has 0 aliphatic rings. The highest BCUT2D eigenvalue weighted by molar-refractivity contribution is 5.04. The van der Waals surface area contributed by atoms with Crippen molar-refractivity contribution in [1.82, 2.24) is 19.9 Å². The maximum atomic E-state index is 4.27. The van der Waals surface area contributed by atoms with Gasteiger partial charge in [-0.15, -0.1) is 0 Å². The summed E-state index contributed by atoms with van der Waals surface area (Å²) in [7, 11) is 0. The zero-order chi connectivity index (χ0) is 11.9. The average molecular weight is 230 g/mol. The van der Waals surface area contributed by atoms with Crippen LogP contribution in [0.3, 0.4) is 0 Å². The minimum atomic E-state index is 0.790. The van der Waals surface area contributed by atoms with Gasteiger partial charge in [0.25, 0.3) is 0 Å². The summed E-state index contributed by atoms with van der Waals surface area (Å²) in [5, 5.41) is 3.38. The molecule has 0 fully saturated rings. The molecule has 0 unspecified atom stereocenters. The Morgan fingerprint density at radius 3 is 3.00 bits per heavy atom. The molecule has 1 N–H and O–H groups in total. The third-order valence-corrected chi connectivity index (χ3v) is 2.60. The molecular formula is C13H18N4. The van der Waals surface area contributed by atoms with E-state index in [4.69, 9.17) is 0 Å². The van der Waals surface area contributed by atoms with E-state index < -0.39 is 0 Å². The molecule has 2 heterocycles. The van der Waals surface area contributed by atoms with Crippen LogP contribution in [0.4, 0.5) is 0 Å². The Labute approximate surface area is 102 Å². The van der Waals surface area contributed by atoms with E-state index in [2.05, 4.69) is 26.8 Å². The van der Waals surface area contributed by atoms with Gasteiger partial charge in [0.2, 0.25) is 0 Å². The van der Waals surface area contributed by atoms with Crippen LogP contribution in [0, 0.1) is 0 Å². The summed E-state index contributed by atoms with van der Waals surface area (Å²) in [5.74, 6) is 0. The van der Waals surface area contributed by atoms with Crippen LogP contribution in [0.15, 0.2) is 36.9 Å². The Morgan fingerprint density at radius 2 is 2.24 bits per heavy atom. The summed E-state index contributed by atoms with van der Waals surface area (Å²) in [6.45, 7) is 4.82. The lowest BCUT2D eigenvalue weighted by molar-refractivity contribution is 0.597. The zero-order valence-electron chi connectivity index (χ0n) is 10.1. The third kappa shape index (κ3) is 3.39. The number of nitrogens with zero attached hydrogens (tertiary/aromatic N) is 3. The van der Waals surface area contributed by atoms with E-state index in [1.54, 1.807) is 0 Å². The van der Waals surface area contributed by atoms with Gasteiger partial charge in [0.05, 0.1) is 17.7 Å². The molecule has 4 heteroatoms. The van der Waals surface area contributed by atoms with Gasteiger partial charge in [-0.2, -0.15) is 0 Å². The molecular weight excluding hydrogens is 212 g/mol. The molecule has 90 valence electrons. The van der Waals surface area contributed by atoms with Gasteiger partial charge in [0.1, 0.15) is 0 Å². The monoisotopic (exact) mass is 230 g/mol. The summed E-state index contributed by atoms with van der Waals surface area (Å²) in [6.07, 6.45) is 6.75. The van der Waals surface area contributed by atoms with Gasteiger partial charge in [0, 0.05) is 32.0 Å². The minimum Gasteiger partial charge on any atom is -0.333 e. The van der Waals surface area contributed by atoms with Crippen LogP contribution in [0.25, 0.3) is 0 Å². The maximum absolute atomic E-state index is 4.27. The minimum absolute atomic E-state index is 0.790. The van der Waals surface area contributed by atoms with Crippen molar-refractivity contribution in [2.75, 3.05) is 0 Å². The number of pyridine rings is 1. The highest BCUT2D eigenvalue weighted by Crippen LogP contribution is 2.01. The maximum Gasteiger partial charge on any atom is 0.0948 e. The Morgan fingerprint density at radius 1 is 1.29 bits per heavy atom. The van der Waals surface area contributed by atoms with E-state index in [0.717, 1.165) is 31.7 Å². The second-order valence-corrected chi connectivity index (χ2v) is 4.00. The van der Waals surface area contributed by atoms with E-state index in [1.807, 2.05) is 36.9 Å². The standard InChI is InChI=1S/C13H18N4/c1-2-7-17-11-15-10-13(17)9-14-8-12-5-3-4-6-16-12/h3-6,10-11,14H,2,7-9H2,1H3. The number of imidazole rings is 1. The third-order valence-electron chi connectivity index (χ3n) is 2.60. The van der Waals surface area contributed by atoms with E-state index in [9.17, 15) is 0 Å². The Hall–Kier alpha value is -1.68. The number of hydrogen-bond donors (Lipinski definition) is 1. The summed E-state index contributed by atoms with van der Waals surface area (Å²) < 4.78 is 2.19. The van der Waals surface area contributed by atoms with Gasteiger partial charge in [-0.05, 0) is 18.6 Å². The molecule has 0 radical (unpaired) electrons. The van der Waals surface area contributed by atoms with Crippen LogP contribution in [0.1, 0.15) is 24.7 Å². The van der Waals surface area contributed by atoms with Crippen LogP contribution < -0.4 is 5.32 Å². The molecule has 4 nitrogen and oxygen atoms in total. The lowest BCUT2D eigenvalue weighted by atomic mass is 10.3. The van der Waals surface area contributed by atoms with Gasteiger partial charge in [-0.25, -0.2) is 4.98 Å². The Balaban J connectivity index is 1.84. The molecule has 0 amide bonds. The first-order valence-electron chi connectivity index (χ1n) is 5.99. The van der Waals surface area contributed by atoms with Gasteiger partial charge < -0.3 is 9.88 Å². The summed E-state index contributed by atoms with van der Waals surface area (Å²) in [6, 6.07) is 5.96. The van der Waals surface area contributed by atoms with Gasteiger partial charge in [-0.3, -0.25) is 4.98 Å². The van der Waals surface area contributed by atoms with Crippen molar-refractivity contribution in [2.45, 2.75) is 33.0 Å². The molecule has 17 heavy (non-hydrogen) atoms. The molecule has 2 aromatic rings. The number of aryl methyl sites for hydroxylation is 1. The summed E-state index contributed by atoms with van der Waals surface area (Å²) in [5.41, 5.74) is 2.29. The van der Waals surface area contributed by atoms with Crippen molar-refractivity contribution in [3.8, 4) is 0 Å². The Bertz CT molecular complexity index is 436. The highest BCUT2D eigenvalue weighted by atomic mass is 15.1. The molecule has 0 aromatic carbocycles. The van der Waals surface area contributed by atoms with Crippen molar-refractivity contribution >= 4 is 0 Å². The summed E-state index contributed by atoms with van der Waals surface area (Å²) >= 11 is 0. The molecule has 2 aromatic heterocycles. The number of rotatable bonds is 6. The number of aromatic nitrogens is 3. The molecule has 2 rings (SSSR count). The number of hydrogen-bond acceptors (Lipinski definition) is 3. The predicted octanol–water partition coefficient (Wildman–Crippen LogP) is 1.98. The van der Waals surface area contributed by atoms with Crippen molar-refractivity contribution in [3.63, 3.8) is 0 Å². The van der Waals surface area contributed by atoms with Crippen LogP contribution in [0.5, 0.6) is 0 Å². The second-order valence-electron chi connectivity index (χ2n) is 4.00. The quantitative estimate of drug-likeness (QED) is 0.825. The predicted molar refractivity (Wildman–Crippen MR) is 67.3 cm³/mol. The SMILES string of the molecule is CCCn1cncc1CNCc1ccccn1.